The van der Waals surface area contributed by atoms with Gasteiger partial charge in [-0.05, 0) is 5.57 Å². The molecule has 0 aliphatic rings. The zero-order valence-electron chi connectivity index (χ0n) is 11.8. The van der Waals surface area contributed by atoms with Gasteiger partial charge < -0.3 is 14.8 Å². The molecule has 0 fully saturated rings. The number of methoxy groups -OCH3 is 2. The molecule has 4 heteroatoms. The second-order valence-electron chi connectivity index (χ2n) is 4.55. The van der Waals surface area contributed by atoms with Crippen LogP contribution in [0.4, 0.5) is 0 Å². The van der Waals surface area contributed by atoms with Crippen LogP contribution in [0.15, 0.2) is 12.2 Å². The van der Waals surface area contributed by atoms with Gasteiger partial charge in [0.1, 0.15) is 0 Å². The van der Waals surface area contributed by atoms with Gasteiger partial charge in [0.15, 0.2) is 0 Å². The van der Waals surface area contributed by atoms with E-state index in [1.807, 2.05) is 0 Å². The molecule has 102 valence electrons. The van der Waals surface area contributed by atoms with Gasteiger partial charge in [0.25, 0.3) is 0 Å². The summed E-state index contributed by atoms with van der Waals surface area (Å²) in [5.41, 5.74) is 1.20. The Kier molecular flexibility index (Phi) is 10.5. The van der Waals surface area contributed by atoms with E-state index in [9.17, 15) is 0 Å². The highest BCUT2D eigenvalue weighted by atomic mass is 16.5. The van der Waals surface area contributed by atoms with Gasteiger partial charge in [0, 0.05) is 46.4 Å². The molecule has 0 aromatic carbocycles. The Hall–Kier alpha value is -0.420. The molecule has 0 saturated heterocycles. The van der Waals surface area contributed by atoms with Crippen LogP contribution < -0.4 is 5.32 Å². The van der Waals surface area contributed by atoms with Gasteiger partial charge in [-0.3, -0.25) is 4.90 Å². The maximum absolute atomic E-state index is 5.10. The molecule has 0 heterocycles. The summed E-state index contributed by atoms with van der Waals surface area (Å²) in [6, 6.07) is 0.498. The fourth-order valence-corrected chi connectivity index (χ4v) is 1.43. The molecule has 0 aromatic rings. The molecular weight excluding hydrogens is 216 g/mol. The summed E-state index contributed by atoms with van der Waals surface area (Å²) in [6.07, 6.45) is 0. The lowest BCUT2D eigenvalue weighted by Gasteiger charge is -2.23. The standard InChI is InChI=1S/C13H28N2O2/c1-12(2)14-10-13(3)11-15(6-8-16-4)7-9-17-5/h12,14H,3,6-11H2,1-2,4-5H3. The third-order valence-corrected chi connectivity index (χ3v) is 2.43. The average Bonchev–Trinajstić information content (AvgIpc) is 2.30. The Labute approximate surface area is 106 Å². The summed E-state index contributed by atoms with van der Waals surface area (Å²) in [6.45, 7) is 13.5. The van der Waals surface area contributed by atoms with Crippen LogP contribution >= 0.6 is 0 Å². The number of hydrogen-bond donors (Lipinski definition) is 1. The summed E-state index contributed by atoms with van der Waals surface area (Å²) in [5.74, 6) is 0. The van der Waals surface area contributed by atoms with E-state index in [0.29, 0.717) is 6.04 Å². The lowest BCUT2D eigenvalue weighted by molar-refractivity contribution is 0.119. The number of rotatable bonds is 11. The quantitative estimate of drug-likeness (QED) is 0.553. The Bertz CT molecular complexity index is 188. The average molecular weight is 244 g/mol. The van der Waals surface area contributed by atoms with Crippen LogP contribution in [-0.4, -0.2) is 64.6 Å². The zero-order valence-corrected chi connectivity index (χ0v) is 11.8. The normalized spacial score (nSPS) is 11.4. The third-order valence-electron chi connectivity index (χ3n) is 2.43. The summed E-state index contributed by atoms with van der Waals surface area (Å²) >= 11 is 0. The highest BCUT2D eigenvalue weighted by Gasteiger charge is 2.06. The zero-order chi connectivity index (χ0) is 13.1. The predicted molar refractivity (Wildman–Crippen MR) is 72.5 cm³/mol. The maximum atomic E-state index is 5.10. The molecule has 17 heavy (non-hydrogen) atoms. The monoisotopic (exact) mass is 244 g/mol. The van der Waals surface area contributed by atoms with E-state index in [2.05, 4.69) is 30.6 Å². The SMILES string of the molecule is C=C(CNC(C)C)CN(CCOC)CCOC. The molecule has 1 N–H and O–H groups in total. The first-order chi connectivity index (χ1) is 8.10. The van der Waals surface area contributed by atoms with Gasteiger partial charge in [-0.25, -0.2) is 0 Å². The Morgan fingerprint density at radius 1 is 1.18 bits per heavy atom. The summed E-state index contributed by atoms with van der Waals surface area (Å²) in [5, 5.41) is 3.37. The van der Waals surface area contributed by atoms with Crippen LogP contribution in [0.2, 0.25) is 0 Å². The lowest BCUT2D eigenvalue weighted by Crippen LogP contribution is -2.35. The fourth-order valence-electron chi connectivity index (χ4n) is 1.43. The second-order valence-corrected chi connectivity index (χ2v) is 4.55. The Morgan fingerprint density at radius 3 is 2.12 bits per heavy atom. The summed E-state index contributed by atoms with van der Waals surface area (Å²) in [7, 11) is 3.45. The van der Waals surface area contributed by atoms with Crippen molar-refractivity contribution in [2.45, 2.75) is 19.9 Å². The first-order valence-corrected chi connectivity index (χ1v) is 6.20. The molecule has 0 radical (unpaired) electrons. The molecule has 4 nitrogen and oxygen atoms in total. The molecule has 0 aliphatic carbocycles. The van der Waals surface area contributed by atoms with Crippen molar-refractivity contribution in [2.24, 2.45) is 0 Å². The Balaban J connectivity index is 3.89. The van der Waals surface area contributed by atoms with Crippen molar-refractivity contribution in [2.75, 3.05) is 53.6 Å². The van der Waals surface area contributed by atoms with E-state index < -0.39 is 0 Å². The van der Waals surface area contributed by atoms with Gasteiger partial charge in [-0.1, -0.05) is 20.4 Å². The maximum Gasteiger partial charge on any atom is 0.0589 e. The molecule has 0 bridgehead atoms. The minimum atomic E-state index is 0.498. The van der Waals surface area contributed by atoms with Gasteiger partial charge in [0.2, 0.25) is 0 Å². The van der Waals surface area contributed by atoms with E-state index in [1.165, 1.54) is 5.57 Å². The molecule has 0 saturated carbocycles. The molecule has 0 atom stereocenters. The van der Waals surface area contributed by atoms with Crippen molar-refractivity contribution in [3.05, 3.63) is 12.2 Å². The van der Waals surface area contributed by atoms with Crippen LogP contribution in [-0.2, 0) is 9.47 Å². The molecule has 0 aromatic heterocycles. The Morgan fingerprint density at radius 2 is 1.71 bits per heavy atom. The van der Waals surface area contributed by atoms with Crippen LogP contribution in [0.25, 0.3) is 0 Å². The largest absolute Gasteiger partial charge is 0.383 e. The second kappa shape index (κ2) is 10.7. The smallest absolute Gasteiger partial charge is 0.0589 e. The first-order valence-electron chi connectivity index (χ1n) is 6.20. The number of hydrogen-bond acceptors (Lipinski definition) is 4. The van der Waals surface area contributed by atoms with Gasteiger partial charge in [-0.15, -0.1) is 0 Å². The highest BCUT2D eigenvalue weighted by Crippen LogP contribution is 1.97. The van der Waals surface area contributed by atoms with Crippen molar-refractivity contribution in [3.8, 4) is 0 Å². The van der Waals surface area contributed by atoms with Gasteiger partial charge in [0.05, 0.1) is 13.2 Å². The molecule has 0 spiro atoms. The number of nitrogens with zero attached hydrogens (tertiary/aromatic N) is 1. The van der Waals surface area contributed by atoms with E-state index in [-0.39, 0.29) is 0 Å². The lowest BCUT2D eigenvalue weighted by atomic mass is 10.2. The van der Waals surface area contributed by atoms with Crippen molar-refractivity contribution < 1.29 is 9.47 Å². The van der Waals surface area contributed by atoms with Crippen LogP contribution in [0, 0.1) is 0 Å². The van der Waals surface area contributed by atoms with Crippen molar-refractivity contribution in [3.63, 3.8) is 0 Å². The van der Waals surface area contributed by atoms with Crippen molar-refractivity contribution in [1.29, 1.82) is 0 Å². The minimum Gasteiger partial charge on any atom is -0.383 e. The van der Waals surface area contributed by atoms with Crippen LogP contribution in [0.3, 0.4) is 0 Å². The molecule has 0 unspecified atom stereocenters. The van der Waals surface area contributed by atoms with E-state index >= 15 is 0 Å². The summed E-state index contributed by atoms with van der Waals surface area (Å²) < 4.78 is 10.2. The van der Waals surface area contributed by atoms with Crippen molar-refractivity contribution in [1.82, 2.24) is 10.2 Å². The fraction of sp³-hybridized carbons (Fsp3) is 0.846. The van der Waals surface area contributed by atoms with Gasteiger partial charge in [-0.2, -0.15) is 0 Å². The molecule has 0 aliphatic heterocycles. The van der Waals surface area contributed by atoms with Crippen molar-refractivity contribution >= 4 is 0 Å². The molecular formula is C13H28N2O2. The summed E-state index contributed by atoms with van der Waals surface area (Å²) in [4.78, 5) is 2.30. The topological polar surface area (TPSA) is 33.7 Å². The predicted octanol–water partition coefficient (Wildman–Crippen LogP) is 1.14. The van der Waals surface area contributed by atoms with Crippen LogP contribution in [0.1, 0.15) is 13.8 Å². The number of ether oxygens (including phenoxy) is 2. The number of nitrogens with one attached hydrogen (secondary N) is 1. The van der Waals surface area contributed by atoms with E-state index in [4.69, 9.17) is 9.47 Å². The molecule has 0 rings (SSSR count). The van der Waals surface area contributed by atoms with Gasteiger partial charge >= 0.3 is 0 Å². The first kappa shape index (κ1) is 16.6. The molecule has 0 amide bonds. The third kappa shape index (κ3) is 10.5. The van der Waals surface area contributed by atoms with E-state index in [0.717, 1.165) is 39.4 Å². The van der Waals surface area contributed by atoms with Crippen LogP contribution in [0.5, 0.6) is 0 Å². The minimum absolute atomic E-state index is 0.498. The highest BCUT2D eigenvalue weighted by molar-refractivity contribution is 5.00. The van der Waals surface area contributed by atoms with E-state index in [1.54, 1.807) is 14.2 Å².